The van der Waals surface area contributed by atoms with Crippen molar-refractivity contribution in [3.05, 3.63) is 36.2 Å². The van der Waals surface area contributed by atoms with Crippen molar-refractivity contribution in [1.29, 1.82) is 0 Å². The summed E-state index contributed by atoms with van der Waals surface area (Å²) in [4.78, 5) is 0. The van der Waals surface area contributed by atoms with E-state index in [0.717, 1.165) is 6.42 Å². The van der Waals surface area contributed by atoms with E-state index in [1.54, 1.807) is 0 Å². The lowest BCUT2D eigenvalue weighted by Crippen LogP contribution is -3.00. The predicted octanol–water partition coefficient (Wildman–Crippen LogP) is -0.443. The van der Waals surface area contributed by atoms with Crippen LogP contribution in [0.1, 0.15) is 25.3 Å². The molecular weight excluding hydrogens is 226 g/mol. The van der Waals surface area contributed by atoms with Gasteiger partial charge in [0.15, 0.2) is 18.6 Å². The zero-order valence-electron chi connectivity index (χ0n) is 8.20. The Morgan fingerprint density at radius 3 is 2.85 bits per heavy atom. The average Bonchev–Trinajstić information content (AvgIpc) is 2.05. The van der Waals surface area contributed by atoms with Crippen LogP contribution < -0.4 is 21.5 Å². The summed E-state index contributed by atoms with van der Waals surface area (Å²) in [7, 11) is 0. The second kappa shape index (κ2) is 6.84. The van der Waals surface area contributed by atoms with E-state index < -0.39 is 0 Å². The zero-order valence-corrected chi connectivity index (χ0v) is 9.79. The van der Waals surface area contributed by atoms with Crippen molar-refractivity contribution in [3.8, 4) is 0 Å². The molecule has 0 spiro atoms. The summed E-state index contributed by atoms with van der Waals surface area (Å²) in [5.74, 6) is 0. The molecule has 0 bridgehead atoms. The summed E-state index contributed by atoms with van der Waals surface area (Å²) < 4.78 is 2.09. The molecule has 0 amide bonds. The molecule has 0 radical (unpaired) electrons. The molecule has 0 saturated heterocycles. The monoisotopic (exact) mass is 241 g/mol. The van der Waals surface area contributed by atoms with Gasteiger partial charge in [0.2, 0.25) is 0 Å². The first-order valence-corrected chi connectivity index (χ1v) is 4.47. The van der Waals surface area contributed by atoms with Gasteiger partial charge in [0.25, 0.3) is 0 Å². The second-order valence-electron chi connectivity index (χ2n) is 3.00. The molecule has 2 heteroatoms. The molecular formula is C11H16BrN. The van der Waals surface area contributed by atoms with E-state index in [1.165, 1.54) is 12.0 Å². The number of aryl methyl sites for hydroxylation is 1. The zero-order chi connectivity index (χ0) is 8.81. The van der Waals surface area contributed by atoms with Crippen molar-refractivity contribution in [2.45, 2.75) is 26.7 Å². The Morgan fingerprint density at radius 1 is 1.46 bits per heavy atom. The van der Waals surface area contributed by atoms with Crippen molar-refractivity contribution in [3.63, 3.8) is 0 Å². The van der Waals surface area contributed by atoms with Crippen molar-refractivity contribution < 1.29 is 21.5 Å². The van der Waals surface area contributed by atoms with Gasteiger partial charge in [-0.1, -0.05) is 13.3 Å². The van der Waals surface area contributed by atoms with Gasteiger partial charge in [-0.05, 0) is 25.5 Å². The Kier molecular flexibility index (Phi) is 6.51. The molecule has 0 N–H and O–H groups in total. The quantitative estimate of drug-likeness (QED) is 0.633. The lowest BCUT2D eigenvalue weighted by molar-refractivity contribution is -0.568. The number of allylic oxidation sites excluding steroid dienone is 1. The van der Waals surface area contributed by atoms with Gasteiger partial charge in [-0.3, -0.25) is 0 Å². The van der Waals surface area contributed by atoms with Gasteiger partial charge in [-0.15, -0.1) is 0 Å². The van der Waals surface area contributed by atoms with Crippen molar-refractivity contribution in [2.24, 2.45) is 0 Å². The number of rotatable bonds is 3. The first-order valence-electron chi connectivity index (χ1n) is 4.47. The summed E-state index contributed by atoms with van der Waals surface area (Å²) in [6, 6.07) is 4.16. The van der Waals surface area contributed by atoms with E-state index in [9.17, 15) is 0 Å². The van der Waals surface area contributed by atoms with E-state index in [1.807, 2.05) is 0 Å². The number of unbranched alkanes of at least 4 members (excludes halogenated alkanes) is 1. The minimum atomic E-state index is 0. The van der Waals surface area contributed by atoms with Crippen LogP contribution in [0.25, 0.3) is 6.20 Å². The Labute approximate surface area is 90.9 Å². The molecule has 1 heterocycles. The van der Waals surface area contributed by atoms with Gasteiger partial charge in [0.05, 0.1) is 0 Å². The Morgan fingerprint density at radius 2 is 2.23 bits per heavy atom. The fourth-order valence-electron chi connectivity index (χ4n) is 1.07. The number of aromatic nitrogens is 1. The SMILES string of the molecule is CCCC=C[n+]1cccc(C)c1.[Br-]. The van der Waals surface area contributed by atoms with Crippen LogP contribution in [0.4, 0.5) is 0 Å². The summed E-state index contributed by atoms with van der Waals surface area (Å²) in [6.07, 6.45) is 10.8. The lowest BCUT2D eigenvalue weighted by Gasteiger charge is -1.88. The smallest absolute Gasteiger partial charge is 0.177 e. The molecule has 0 aliphatic carbocycles. The molecule has 1 aromatic heterocycles. The molecule has 0 aliphatic heterocycles. The van der Waals surface area contributed by atoms with Crippen LogP contribution in [0.2, 0.25) is 0 Å². The van der Waals surface area contributed by atoms with Crippen molar-refractivity contribution in [1.82, 2.24) is 0 Å². The molecule has 72 valence electrons. The topological polar surface area (TPSA) is 3.88 Å². The molecule has 1 nitrogen and oxygen atoms in total. The molecule has 0 atom stereocenters. The maximum atomic E-state index is 2.19. The van der Waals surface area contributed by atoms with Gasteiger partial charge >= 0.3 is 0 Å². The summed E-state index contributed by atoms with van der Waals surface area (Å²) in [6.45, 7) is 4.29. The molecule has 1 rings (SSSR count). The van der Waals surface area contributed by atoms with Gasteiger partial charge < -0.3 is 17.0 Å². The number of nitrogens with zero attached hydrogens (tertiary/aromatic N) is 1. The van der Waals surface area contributed by atoms with Crippen LogP contribution in [-0.2, 0) is 0 Å². The maximum absolute atomic E-state index is 2.19. The van der Waals surface area contributed by atoms with E-state index in [4.69, 9.17) is 0 Å². The first kappa shape index (κ1) is 12.4. The van der Waals surface area contributed by atoms with E-state index in [2.05, 4.69) is 55.2 Å². The molecule has 13 heavy (non-hydrogen) atoms. The summed E-state index contributed by atoms with van der Waals surface area (Å²) in [5, 5.41) is 0. The highest BCUT2D eigenvalue weighted by Crippen LogP contribution is 1.91. The Hall–Kier alpha value is -0.630. The molecule has 0 aliphatic rings. The second-order valence-corrected chi connectivity index (χ2v) is 3.00. The fraction of sp³-hybridized carbons (Fsp3) is 0.364. The normalized spacial score (nSPS) is 10.0. The highest BCUT2D eigenvalue weighted by molar-refractivity contribution is 5.09. The molecule has 0 unspecified atom stereocenters. The number of pyridine rings is 1. The van der Waals surface area contributed by atoms with Crippen LogP contribution >= 0.6 is 0 Å². The molecule has 0 fully saturated rings. The first-order chi connectivity index (χ1) is 5.83. The Bertz CT molecular complexity index is 269. The van der Waals surface area contributed by atoms with E-state index >= 15 is 0 Å². The molecule has 0 saturated carbocycles. The van der Waals surface area contributed by atoms with Crippen LogP contribution in [0.15, 0.2) is 30.6 Å². The third-order valence-electron chi connectivity index (χ3n) is 1.70. The minimum absolute atomic E-state index is 0. The van der Waals surface area contributed by atoms with Crippen LogP contribution in [0.5, 0.6) is 0 Å². The summed E-state index contributed by atoms with van der Waals surface area (Å²) in [5.41, 5.74) is 1.29. The number of halogens is 1. The Balaban J connectivity index is 0.00000144. The van der Waals surface area contributed by atoms with E-state index in [0.29, 0.717) is 0 Å². The largest absolute Gasteiger partial charge is 1.00 e. The highest BCUT2D eigenvalue weighted by Gasteiger charge is 1.92. The molecule has 0 aromatic carbocycles. The maximum Gasteiger partial charge on any atom is 0.177 e. The lowest BCUT2D eigenvalue weighted by atomic mass is 10.3. The minimum Gasteiger partial charge on any atom is -1.00 e. The summed E-state index contributed by atoms with van der Waals surface area (Å²) >= 11 is 0. The van der Waals surface area contributed by atoms with Gasteiger partial charge in [0.1, 0.15) is 0 Å². The number of hydrogen-bond donors (Lipinski definition) is 0. The van der Waals surface area contributed by atoms with E-state index in [-0.39, 0.29) is 17.0 Å². The number of hydrogen-bond acceptors (Lipinski definition) is 0. The van der Waals surface area contributed by atoms with Gasteiger partial charge in [-0.2, -0.15) is 4.57 Å². The third-order valence-corrected chi connectivity index (χ3v) is 1.70. The molecule has 1 aromatic rings. The van der Waals surface area contributed by atoms with Crippen LogP contribution in [0.3, 0.4) is 0 Å². The average molecular weight is 242 g/mol. The predicted molar refractivity (Wildman–Crippen MR) is 51.6 cm³/mol. The third kappa shape index (κ3) is 4.83. The van der Waals surface area contributed by atoms with Crippen LogP contribution in [0, 0.1) is 6.92 Å². The standard InChI is InChI=1S/C11H16N.BrH/c1-3-4-5-8-12-9-6-7-11(2)10-12;/h5-10H,3-4H2,1-2H3;1H/q+1;/p-1. The highest BCUT2D eigenvalue weighted by atomic mass is 79.9. The van der Waals surface area contributed by atoms with Gasteiger partial charge in [0, 0.05) is 11.6 Å². The van der Waals surface area contributed by atoms with Crippen LogP contribution in [-0.4, -0.2) is 0 Å². The van der Waals surface area contributed by atoms with Crippen molar-refractivity contribution >= 4 is 6.20 Å². The van der Waals surface area contributed by atoms with Gasteiger partial charge in [-0.25, -0.2) is 0 Å². The fourth-order valence-corrected chi connectivity index (χ4v) is 1.07. The van der Waals surface area contributed by atoms with Crippen molar-refractivity contribution in [2.75, 3.05) is 0 Å².